The molecule has 0 aliphatic heterocycles. The molecule has 0 aromatic rings. The Morgan fingerprint density at radius 1 is 1.21 bits per heavy atom. The summed E-state index contributed by atoms with van der Waals surface area (Å²) in [4.78, 5) is 13.9. The molecule has 6 heteroatoms. The highest BCUT2D eigenvalue weighted by atomic mass is 35.5. The fourth-order valence-electron chi connectivity index (χ4n) is 2.63. The molecule has 0 heterocycles. The molecular formula is C13H21ClF3NO. The molecule has 1 saturated carbocycles. The largest absolute Gasteiger partial charge is 0.391 e. The molecule has 0 N–H and O–H groups in total. The van der Waals surface area contributed by atoms with E-state index in [0.29, 0.717) is 31.8 Å². The lowest BCUT2D eigenvalue weighted by atomic mass is 9.81. The van der Waals surface area contributed by atoms with Crippen LogP contribution < -0.4 is 0 Å². The van der Waals surface area contributed by atoms with Crippen molar-refractivity contribution in [3.63, 3.8) is 0 Å². The predicted molar refractivity (Wildman–Crippen MR) is 69.1 cm³/mol. The molecule has 1 fully saturated rings. The van der Waals surface area contributed by atoms with Gasteiger partial charge in [-0.1, -0.05) is 6.92 Å². The zero-order valence-corrected chi connectivity index (χ0v) is 11.9. The van der Waals surface area contributed by atoms with Crippen molar-refractivity contribution in [2.45, 2.75) is 45.2 Å². The van der Waals surface area contributed by atoms with Crippen molar-refractivity contribution in [2.75, 3.05) is 19.0 Å². The van der Waals surface area contributed by atoms with Crippen LogP contribution in [0.25, 0.3) is 0 Å². The van der Waals surface area contributed by atoms with Crippen LogP contribution in [0.4, 0.5) is 13.2 Å². The molecule has 0 radical (unpaired) electrons. The van der Waals surface area contributed by atoms with Gasteiger partial charge in [0.2, 0.25) is 5.91 Å². The molecule has 2 nitrogen and oxygen atoms in total. The maximum absolute atomic E-state index is 12.6. The number of carbonyl (C=O) groups is 1. The number of halogens is 4. The van der Waals surface area contributed by atoms with Crippen LogP contribution in [-0.4, -0.2) is 36.0 Å². The summed E-state index contributed by atoms with van der Waals surface area (Å²) in [6.45, 7) is 3.08. The summed E-state index contributed by atoms with van der Waals surface area (Å²) in [6.07, 6.45) is -2.47. The van der Waals surface area contributed by atoms with Gasteiger partial charge in [-0.3, -0.25) is 4.79 Å². The van der Waals surface area contributed by atoms with Gasteiger partial charge < -0.3 is 4.90 Å². The summed E-state index contributed by atoms with van der Waals surface area (Å²) in [7, 11) is 0. The molecule has 1 rings (SSSR count). The van der Waals surface area contributed by atoms with Crippen molar-refractivity contribution in [3.8, 4) is 0 Å². The fraction of sp³-hybridized carbons (Fsp3) is 0.923. The molecule has 112 valence electrons. The van der Waals surface area contributed by atoms with E-state index in [0.717, 1.165) is 6.42 Å². The number of hydrogen-bond donors (Lipinski definition) is 0. The van der Waals surface area contributed by atoms with Crippen LogP contribution in [0, 0.1) is 11.8 Å². The number of nitrogens with zero attached hydrogens (tertiary/aromatic N) is 1. The summed E-state index contributed by atoms with van der Waals surface area (Å²) >= 11 is 5.66. The Hall–Kier alpha value is -0.450. The third-order valence-electron chi connectivity index (χ3n) is 3.70. The second-order valence-corrected chi connectivity index (χ2v) is 5.48. The van der Waals surface area contributed by atoms with E-state index in [1.54, 1.807) is 4.90 Å². The van der Waals surface area contributed by atoms with Crippen molar-refractivity contribution >= 4 is 17.5 Å². The lowest BCUT2D eigenvalue weighted by Crippen LogP contribution is -2.40. The Morgan fingerprint density at radius 3 is 2.21 bits per heavy atom. The van der Waals surface area contributed by atoms with E-state index in [2.05, 4.69) is 0 Å². The summed E-state index contributed by atoms with van der Waals surface area (Å²) < 4.78 is 37.7. The van der Waals surface area contributed by atoms with E-state index < -0.39 is 12.1 Å². The minimum Gasteiger partial charge on any atom is -0.341 e. The van der Waals surface area contributed by atoms with Gasteiger partial charge in [-0.05, 0) is 32.1 Å². The SMILES string of the molecule is CCCN(CCCl)C(=O)C1CCC(C(F)(F)F)CC1. The fourth-order valence-corrected chi connectivity index (χ4v) is 2.83. The van der Waals surface area contributed by atoms with Gasteiger partial charge in [-0.2, -0.15) is 13.2 Å². The first-order valence-corrected chi connectivity index (χ1v) is 7.35. The van der Waals surface area contributed by atoms with Crippen LogP contribution in [0.5, 0.6) is 0 Å². The molecule has 0 aromatic carbocycles. The number of alkyl halides is 4. The smallest absolute Gasteiger partial charge is 0.341 e. The zero-order chi connectivity index (χ0) is 14.5. The van der Waals surface area contributed by atoms with E-state index in [-0.39, 0.29) is 24.7 Å². The van der Waals surface area contributed by atoms with Gasteiger partial charge in [-0.15, -0.1) is 11.6 Å². The third-order valence-corrected chi connectivity index (χ3v) is 3.87. The first-order chi connectivity index (χ1) is 8.90. The van der Waals surface area contributed by atoms with Gasteiger partial charge >= 0.3 is 6.18 Å². The zero-order valence-electron chi connectivity index (χ0n) is 11.2. The van der Waals surface area contributed by atoms with Gasteiger partial charge in [0.05, 0.1) is 5.92 Å². The Labute approximate surface area is 117 Å². The lowest BCUT2D eigenvalue weighted by molar-refractivity contribution is -0.185. The Balaban J connectivity index is 2.51. The molecule has 0 bridgehead atoms. The van der Waals surface area contributed by atoms with Crippen molar-refractivity contribution < 1.29 is 18.0 Å². The minimum absolute atomic E-state index is 0.0249. The van der Waals surface area contributed by atoms with Gasteiger partial charge in [0.1, 0.15) is 0 Å². The Bertz CT molecular complexity index is 282. The number of carbonyl (C=O) groups excluding carboxylic acids is 1. The molecule has 0 spiro atoms. The number of hydrogen-bond acceptors (Lipinski definition) is 1. The van der Waals surface area contributed by atoms with Gasteiger partial charge in [0, 0.05) is 24.9 Å². The quantitative estimate of drug-likeness (QED) is 0.707. The molecule has 1 aliphatic rings. The number of amides is 1. The Kier molecular flexibility index (Phi) is 6.43. The second-order valence-electron chi connectivity index (χ2n) is 5.10. The minimum atomic E-state index is -4.12. The van der Waals surface area contributed by atoms with E-state index in [1.165, 1.54) is 0 Å². The van der Waals surface area contributed by atoms with Crippen LogP contribution in [0.2, 0.25) is 0 Å². The van der Waals surface area contributed by atoms with Crippen LogP contribution in [0.15, 0.2) is 0 Å². The molecule has 0 aromatic heterocycles. The molecule has 0 unspecified atom stereocenters. The third kappa shape index (κ3) is 4.86. The first kappa shape index (κ1) is 16.6. The first-order valence-electron chi connectivity index (χ1n) is 6.81. The standard InChI is InChI=1S/C13H21ClF3NO/c1-2-8-18(9-7-14)12(19)10-3-5-11(6-4-10)13(15,16)17/h10-11H,2-9H2,1H3. The van der Waals surface area contributed by atoms with Crippen LogP contribution >= 0.6 is 11.6 Å². The molecule has 1 aliphatic carbocycles. The molecule has 19 heavy (non-hydrogen) atoms. The summed E-state index contributed by atoms with van der Waals surface area (Å²) in [5.41, 5.74) is 0. The van der Waals surface area contributed by atoms with Crippen molar-refractivity contribution in [3.05, 3.63) is 0 Å². The maximum Gasteiger partial charge on any atom is 0.391 e. The average Bonchev–Trinajstić information content (AvgIpc) is 2.37. The van der Waals surface area contributed by atoms with E-state index >= 15 is 0 Å². The molecule has 1 amide bonds. The highest BCUT2D eigenvalue weighted by Gasteiger charge is 2.42. The topological polar surface area (TPSA) is 20.3 Å². The van der Waals surface area contributed by atoms with E-state index in [1.807, 2.05) is 6.92 Å². The predicted octanol–water partition coefficient (Wildman–Crippen LogP) is 3.83. The molecule has 0 saturated heterocycles. The highest BCUT2D eigenvalue weighted by molar-refractivity contribution is 6.18. The van der Waals surface area contributed by atoms with Gasteiger partial charge in [-0.25, -0.2) is 0 Å². The van der Waals surface area contributed by atoms with E-state index in [4.69, 9.17) is 11.6 Å². The summed E-state index contributed by atoms with van der Waals surface area (Å²) in [5, 5.41) is 0. The van der Waals surface area contributed by atoms with Crippen molar-refractivity contribution in [2.24, 2.45) is 11.8 Å². The Morgan fingerprint density at radius 2 is 1.79 bits per heavy atom. The maximum atomic E-state index is 12.6. The van der Waals surface area contributed by atoms with E-state index in [9.17, 15) is 18.0 Å². The summed E-state index contributed by atoms with van der Waals surface area (Å²) in [6, 6.07) is 0. The average molecular weight is 300 g/mol. The van der Waals surface area contributed by atoms with Crippen LogP contribution in [0.1, 0.15) is 39.0 Å². The molecular weight excluding hydrogens is 279 g/mol. The van der Waals surface area contributed by atoms with Crippen molar-refractivity contribution in [1.82, 2.24) is 4.90 Å². The normalized spacial score (nSPS) is 24.3. The van der Waals surface area contributed by atoms with Gasteiger partial charge in [0.25, 0.3) is 0 Å². The second kappa shape index (κ2) is 7.36. The lowest BCUT2D eigenvalue weighted by Gasteiger charge is -2.32. The van der Waals surface area contributed by atoms with Crippen molar-refractivity contribution in [1.29, 1.82) is 0 Å². The van der Waals surface area contributed by atoms with Crippen LogP contribution in [0.3, 0.4) is 0 Å². The van der Waals surface area contributed by atoms with Crippen LogP contribution in [-0.2, 0) is 4.79 Å². The number of rotatable bonds is 5. The molecule has 0 atom stereocenters. The van der Waals surface area contributed by atoms with Gasteiger partial charge in [0.15, 0.2) is 0 Å². The summed E-state index contributed by atoms with van der Waals surface area (Å²) in [5.74, 6) is -1.15. The monoisotopic (exact) mass is 299 g/mol. The highest BCUT2D eigenvalue weighted by Crippen LogP contribution is 2.39.